The molecule has 0 unspecified atom stereocenters. The molecular formula is C14H21N3O3. The van der Waals surface area contributed by atoms with E-state index in [2.05, 4.69) is 24.5 Å². The molecule has 1 rings (SSSR count). The number of carbonyl (C=O) groups is 1. The summed E-state index contributed by atoms with van der Waals surface area (Å²) < 4.78 is 0. The standard InChI is InChI=1S/C14H21N3O3/c1-11(2)7-8-16-14(18)10-15-9-12-3-5-13(6-4-12)17(19)20/h3-6,11,15H,7-10H2,1-2H3,(H,16,18). The van der Waals surface area contributed by atoms with Crippen molar-refractivity contribution in [3.63, 3.8) is 0 Å². The van der Waals surface area contributed by atoms with Gasteiger partial charge < -0.3 is 10.6 Å². The van der Waals surface area contributed by atoms with Crippen molar-refractivity contribution in [2.45, 2.75) is 26.8 Å². The molecule has 1 amide bonds. The molecule has 0 saturated carbocycles. The second-order valence-electron chi connectivity index (χ2n) is 5.06. The summed E-state index contributed by atoms with van der Waals surface area (Å²) in [6.07, 6.45) is 0.966. The van der Waals surface area contributed by atoms with Crippen LogP contribution in [-0.2, 0) is 11.3 Å². The molecule has 0 heterocycles. The van der Waals surface area contributed by atoms with E-state index in [0.29, 0.717) is 19.0 Å². The molecule has 0 saturated heterocycles. The van der Waals surface area contributed by atoms with Gasteiger partial charge in [-0.2, -0.15) is 0 Å². The molecule has 0 aliphatic carbocycles. The Hall–Kier alpha value is -1.95. The lowest BCUT2D eigenvalue weighted by atomic mass is 10.1. The van der Waals surface area contributed by atoms with Crippen LogP contribution in [0, 0.1) is 16.0 Å². The normalized spacial score (nSPS) is 10.6. The largest absolute Gasteiger partial charge is 0.355 e. The van der Waals surface area contributed by atoms with Gasteiger partial charge in [0.05, 0.1) is 11.5 Å². The first-order valence-electron chi connectivity index (χ1n) is 6.69. The van der Waals surface area contributed by atoms with E-state index in [1.54, 1.807) is 12.1 Å². The van der Waals surface area contributed by atoms with Crippen molar-refractivity contribution in [2.75, 3.05) is 13.1 Å². The topological polar surface area (TPSA) is 84.3 Å². The molecule has 0 radical (unpaired) electrons. The van der Waals surface area contributed by atoms with Gasteiger partial charge in [0.2, 0.25) is 5.91 Å². The Morgan fingerprint density at radius 3 is 2.50 bits per heavy atom. The van der Waals surface area contributed by atoms with Gasteiger partial charge in [0, 0.05) is 25.2 Å². The van der Waals surface area contributed by atoms with Gasteiger partial charge in [-0.3, -0.25) is 14.9 Å². The fourth-order valence-corrected chi connectivity index (χ4v) is 1.62. The molecule has 0 bridgehead atoms. The molecule has 6 heteroatoms. The van der Waals surface area contributed by atoms with Crippen LogP contribution in [0.4, 0.5) is 5.69 Å². The van der Waals surface area contributed by atoms with Crippen LogP contribution in [0.1, 0.15) is 25.8 Å². The highest BCUT2D eigenvalue weighted by molar-refractivity contribution is 5.77. The van der Waals surface area contributed by atoms with Gasteiger partial charge >= 0.3 is 0 Å². The molecule has 20 heavy (non-hydrogen) atoms. The Morgan fingerprint density at radius 2 is 1.95 bits per heavy atom. The fourth-order valence-electron chi connectivity index (χ4n) is 1.62. The van der Waals surface area contributed by atoms with Crippen LogP contribution in [0.15, 0.2) is 24.3 Å². The zero-order chi connectivity index (χ0) is 15.0. The molecule has 0 atom stereocenters. The van der Waals surface area contributed by atoms with Crippen molar-refractivity contribution in [1.82, 2.24) is 10.6 Å². The number of rotatable bonds is 8. The third kappa shape index (κ3) is 6.29. The monoisotopic (exact) mass is 279 g/mol. The predicted molar refractivity (Wildman–Crippen MR) is 77.3 cm³/mol. The number of hydrogen-bond acceptors (Lipinski definition) is 4. The Balaban J connectivity index is 2.23. The van der Waals surface area contributed by atoms with E-state index in [1.807, 2.05) is 0 Å². The summed E-state index contributed by atoms with van der Waals surface area (Å²) in [7, 11) is 0. The van der Waals surface area contributed by atoms with Crippen LogP contribution in [0.25, 0.3) is 0 Å². The molecule has 1 aromatic carbocycles. The third-order valence-corrected chi connectivity index (χ3v) is 2.81. The van der Waals surface area contributed by atoms with Crippen molar-refractivity contribution in [3.8, 4) is 0 Å². The van der Waals surface area contributed by atoms with E-state index in [0.717, 1.165) is 12.0 Å². The minimum absolute atomic E-state index is 0.0347. The minimum Gasteiger partial charge on any atom is -0.355 e. The number of amides is 1. The molecule has 2 N–H and O–H groups in total. The van der Waals surface area contributed by atoms with Crippen molar-refractivity contribution < 1.29 is 9.72 Å². The van der Waals surface area contributed by atoms with Gasteiger partial charge in [-0.15, -0.1) is 0 Å². The van der Waals surface area contributed by atoms with Gasteiger partial charge in [-0.25, -0.2) is 0 Å². The molecule has 6 nitrogen and oxygen atoms in total. The first kappa shape index (κ1) is 16.1. The Kier molecular flexibility index (Phi) is 6.66. The highest BCUT2D eigenvalue weighted by atomic mass is 16.6. The lowest BCUT2D eigenvalue weighted by Crippen LogP contribution is -2.34. The Morgan fingerprint density at radius 1 is 1.30 bits per heavy atom. The van der Waals surface area contributed by atoms with E-state index >= 15 is 0 Å². The highest BCUT2D eigenvalue weighted by Crippen LogP contribution is 2.11. The van der Waals surface area contributed by atoms with Crippen LogP contribution >= 0.6 is 0 Å². The maximum absolute atomic E-state index is 11.5. The molecule has 0 spiro atoms. The van der Waals surface area contributed by atoms with Crippen molar-refractivity contribution in [3.05, 3.63) is 39.9 Å². The number of benzene rings is 1. The SMILES string of the molecule is CC(C)CCNC(=O)CNCc1ccc([N+](=O)[O-])cc1. The maximum Gasteiger partial charge on any atom is 0.269 e. The van der Waals surface area contributed by atoms with Crippen LogP contribution in [0.2, 0.25) is 0 Å². The average molecular weight is 279 g/mol. The van der Waals surface area contributed by atoms with E-state index in [4.69, 9.17) is 0 Å². The van der Waals surface area contributed by atoms with Gasteiger partial charge in [0.15, 0.2) is 0 Å². The molecule has 0 aromatic heterocycles. The number of non-ortho nitro benzene ring substituents is 1. The van der Waals surface area contributed by atoms with Gasteiger partial charge in [0.25, 0.3) is 5.69 Å². The maximum atomic E-state index is 11.5. The number of nitro benzene ring substituents is 1. The average Bonchev–Trinajstić information content (AvgIpc) is 2.39. The number of nitrogens with zero attached hydrogens (tertiary/aromatic N) is 1. The summed E-state index contributed by atoms with van der Waals surface area (Å²) in [4.78, 5) is 21.6. The van der Waals surface area contributed by atoms with Crippen molar-refractivity contribution in [1.29, 1.82) is 0 Å². The summed E-state index contributed by atoms with van der Waals surface area (Å²) in [6.45, 7) is 5.67. The molecule has 110 valence electrons. The van der Waals surface area contributed by atoms with Crippen LogP contribution in [-0.4, -0.2) is 23.9 Å². The second-order valence-corrected chi connectivity index (χ2v) is 5.06. The fraction of sp³-hybridized carbons (Fsp3) is 0.500. The van der Waals surface area contributed by atoms with E-state index < -0.39 is 4.92 Å². The lowest BCUT2D eigenvalue weighted by Gasteiger charge is -2.08. The smallest absolute Gasteiger partial charge is 0.269 e. The summed E-state index contributed by atoms with van der Waals surface area (Å²) in [6, 6.07) is 6.28. The van der Waals surface area contributed by atoms with Crippen molar-refractivity contribution in [2.24, 2.45) is 5.92 Å². The molecular weight excluding hydrogens is 258 g/mol. The number of carbonyl (C=O) groups excluding carboxylic acids is 1. The van der Waals surface area contributed by atoms with Crippen LogP contribution < -0.4 is 10.6 Å². The zero-order valence-corrected chi connectivity index (χ0v) is 11.9. The van der Waals surface area contributed by atoms with E-state index in [-0.39, 0.29) is 18.1 Å². The molecule has 0 aliphatic heterocycles. The highest BCUT2D eigenvalue weighted by Gasteiger charge is 2.04. The first-order chi connectivity index (χ1) is 9.49. The van der Waals surface area contributed by atoms with E-state index in [1.165, 1.54) is 12.1 Å². The molecule has 0 aliphatic rings. The van der Waals surface area contributed by atoms with E-state index in [9.17, 15) is 14.9 Å². The molecule has 1 aromatic rings. The zero-order valence-electron chi connectivity index (χ0n) is 11.9. The second kappa shape index (κ2) is 8.27. The molecule has 0 fully saturated rings. The summed E-state index contributed by atoms with van der Waals surface area (Å²) in [5, 5.41) is 16.3. The van der Waals surface area contributed by atoms with Gasteiger partial charge in [-0.05, 0) is 17.9 Å². The summed E-state index contributed by atoms with van der Waals surface area (Å²) >= 11 is 0. The minimum atomic E-state index is -0.431. The Labute approximate surface area is 118 Å². The number of hydrogen-bond donors (Lipinski definition) is 2. The summed E-state index contributed by atoms with van der Waals surface area (Å²) in [5.74, 6) is 0.538. The third-order valence-electron chi connectivity index (χ3n) is 2.81. The van der Waals surface area contributed by atoms with Crippen molar-refractivity contribution >= 4 is 11.6 Å². The van der Waals surface area contributed by atoms with Gasteiger partial charge in [-0.1, -0.05) is 26.0 Å². The van der Waals surface area contributed by atoms with Gasteiger partial charge in [0.1, 0.15) is 0 Å². The summed E-state index contributed by atoms with van der Waals surface area (Å²) in [5.41, 5.74) is 0.978. The number of nitro groups is 1. The predicted octanol–water partition coefficient (Wildman–Crippen LogP) is 1.85. The van der Waals surface area contributed by atoms with Crippen LogP contribution in [0.3, 0.4) is 0 Å². The number of nitrogens with one attached hydrogen (secondary N) is 2. The lowest BCUT2D eigenvalue weighted by molar-refractivity contribution is -0.384. The Bertz CT molecular complexity index is 443. The quantitative estimate of drug-likeness (QED) is 0.562. The van der Waals surface area contributed by atoms with Crippen LogP contribution in [0.5, 0.6) is 0 Å². The first-order valence-corrected chi connectivity index (χ1v) is 6.69.